The molecule has 1 aromatic carbocycles. The van der Waals surface area contributed by atoms with Gasteiger partial charge in [0.2, 0.25) is 0 Å². The Kier molecular flexibility index (Phi) is 5.90. The van der Waals surface area contributed by atoms with E-state index in [0.29, 0.717) is 13.2 Å². The van der Waals surface area contributed by atoms with Gasteiger partial charge < -0.3 is 19.3 Å². The molecule has 0 unspecified atom stereocenters. The molecule has 2 fully saturated rings. The van der Waals surface area contributed by atoms with Gasteiger partial charge in [-0.1, -0.05) is 6.42 Å². The van der Waals surface area contributed by atoms with E-state index in [4.69, 9.17) is 14.2 Å². The number of ether oxygens (including phenoxy) is 3. The zero-order valence-corrected chi connectivity index (χ0v) is 16.7. The molecule has 2 aliphatic carbocycles. The van der Waals surface area contributed by atoms with E-state index in [2.05, 4.69) is 17.0 Å². The lowest BCUT2D eigenvalue weighted by molar-refractivity contribution is -0.00388. The van der Waals surface area contributed by atoms with Gasteiger partial charge in [-0.25, -0.2) is 0 Å². The van der Waals surface area contributed by atoms with Crippen LogP contribution in [0.4, 0.5) is 0 Å². The summed E-state index contributed by atoms with van der Waals surface area (Å²) in [6.45, 7) is 3.72. The van der Waals surface area contributed by atoms with E-state index in [1.54, 1.807) is 14.2 Å². The summed E-state index contributed by atoms with van der Waals surface area (Å²) in [6, 6.07) is 4.15. The fourth-order valence-electron chi connectivity index (χ4n) is 5.38. The number of aliphatic hydroxyl groups excluding tert-OH is 1. The van der Waals surface area contributed by atoms with Crippen LogP contribution < -0.4 is 9.47 Å². The second-order valence-electron chi connectivity index (χ2n) is 8.59. The van der Waals surface area contributed by atoms with Crippen molar-refractivity contribution < 1.29 is 19.3 Å². The number of fused-ring (bicyclic) bond motifs is 3. The van der Waals surface area contributed by atoms with Gasteiger partial charge in [0.15, 0.2) is 11.5 Å². The van der Waals surface area contributed by atoms with E-state index in [1.165, 1.54) is 36.8 Å². The molecule has 3 aliphatic rings. The maximum Gasteiger partial charge on any atom is 0.161 e. The van der Waals surface area contributed by atoms with Gasteiger partial charge in [0.05, 0.1) is 26.9 Å². The van der Waals surface area contributed by atoms with E-state index in [-0.39, 0.29) is 0 Å². The molecule has 2 bridgehead atoms. The summed E-state index contributed by atoms with van der Waals surface area (Å²) >= 11 is 0. The average Bonchev–Trinajstić information content (AvgIpc) is 3.30. The molecule has 0 aromatic heterocycles. The van der Waals surface area contributed by atoms with Crippen LogP contribution in [0.1, 0.15) is 36.8 Å². The van der Waals surface area contributed by atoms with Crippen molar-refractivity contribution in [2.45, 2.75) is 44.8 Å². The first-order chi connectivity index (χ1) is 13.2. The molecule has 5 nitrogen and oxygen atoms in total. The number of methoxy groups -OCH3 is 2. The third-order valence-electron chi connectivity index (χ3n) is 6.79. The standard InChI is InChI=1S/C22H33NO4/c1-25-21-9-17-5-6-23(11-18(17)10-22(21)26-2)12-20(24)14-27-13-19-8-15-3-4-16(19)7-15/h9-10,15-16,19-20,24H,3-8,11-14H2,1-2H3/t15-,16-,19-,20-/m0/s1. The molecule has 0 radical (unpaired) electrons. The number of nitrogens with zero attached hydrogens (tertiary/aromatic N) is 1. The average molecular weight is 376 g/mol. The fourth-order valence-corrected chi connectivity index (χ4v) is 5.38. The summed E-state index contributed by atoms with van der Waals surface area (Å²) in [6.07, 6.45) is 6.12. The minimum atomic E-state index is -0.426. The summed E-state index contributed by atoms with van der Waals surface area (Å²) in [5, 5.41) is 10.4. The van der Waals surface area contributed by atoms with Crippen molar-refractivity contribution >= 4 is 0 Å². The lowest BCUT2D eigenvalue weighted by Crippen LogP contribution is -2.38. The highest BCUT2D eigenvalue weighted by Crippen LogP contribution is 2.48. The Morgan fingerprint density at radius 1 is 1.11 bits per heavy atom. The van der Waals surface area contributed by atoms with Crippen LogP contribution in [0, 0.1) is 17.8 Å². The summed E-state index contributed by atoms with van der Waals surface area (Å²) < 4.78 is 16.7. The minimum Gasteiger partial charge on any atom is -0.493 e. The van der Waals surface area contributed by atoms with Gasteiger partial charge in [0, 0.05) is 26.2 Å². The van der Waals surface area contributed by atoms with Crippen LogP contribution in [-0.2, 0) is 17.7 Å². The smallest absolute Gasteiger partial charge is 0.161 e. The number of aliphatic hydroxyl groups is 1. The van der Waals surface area contributed by atoms with Gasteiger partial charge in [-0.2, -0.15) is 0 Å². The third-order valence-corrected chi connectivity index (χ3v) is 6.79. The zero-order valence-electron chi connectivity index (χ0n) is 16.7. The fraction of sp³-hybridized carbons (Fsp3) is 0.727. The Bertz CT molecular complexity index is 649. The van der Waals surface area contributed by atoms with Crippen molar-refractivity contribution in [3.05, 3.63) is 23.3 Å². The normalized spacial score (nSPS) is 28.2. The highest BCUT2D eigenvalue weighted by atomic mass is 16.5. The molecule has 2 saturated carbocycles. The topological polar surface area (TPSA) is 51.2 Å². The second kappa shape index (κ2) is 8.38. The molecule has 27 heavy (non-hydrogen) atoms. The highest BCUT2D eigenvalue weighted by Gasteiger charge is 2.39. The Balaban J connectivity index is 1.24. The van der Waals surface area contributed by atoms with Gasteiger partial charge >= 0.3 is 0 Å². The molecule has 1 aromatic rings. The van der Waals surface area contributed by atoms with E-state index >= 15 is 0 Å². The van der Waals surface area contributed by atoms with Crippen LogP contribution in [0.15, 0.2) is 12.1 Å². The number of hydrogen-bond acceptors (Lipinski definition) is 5. The van der Waals surface area contributed by atoms with Crippen molar-refractivity contribution in [1.82, 2.24) is 4.90 Å². The SMILES string of the molecule is COc1cc2c(cc1OC)CN(C[C@H](O)COC[C@@H]1C[C@H]3CC[C@H]1C3)CC2. The maximum absolute atomic E-state index is 10.4. The number of β-amino-alcohol motifs (C(OH)–C–C–N with tert-alkyl or cyclic N) is 1. The van der Waals surface area contributed by atoms with E-state index in [0.717, 1.165) is 55.4 Å². The van der Waals surface area contributed by atoms with Crippen molar-refractivity contribution in [2.24, 2.45) is 17.8 Å². The van der Waals surface area contributed by atoms with Gasteiger partial charge in [-0.3, -0.25) is 4.90 Å². The molecule has 4 rings (SSSR count). The first-order valence-corrected chi connectivity index (χ1v) is 10.4. The molecule has 0 saturated heterocycles. The van der Waals surface area contributed by atoms with Gasteiger partial charge in [-0.05, 0) is 66.7 Å². The molecule has 0 amide bonds. The van der Waals surface area contributed by atoms with E-state index in [9.17, 15) is 5.11 Å². The summed E-state index contributed by atoms with van der Waals surface area (Å²) in [5.74, 6) is 4.14. The monoisotopic (exact) mass is 375 g/mol. The Morgan fingerprint density at radius 3 is 2.56 bits per heavy atom. The molecule has 1 N–H and O–H groups in total. The molecule has 5 heteroatoms. The molecular formula is C22H33NO4. The van der Waals surface area contributed by atoms with Gasteiger partial charge in [-0.15, -0.1) is 0 Å². The predicted octanol–water partition coefficient (Wildman–Crippen LogP) is 2.88. The molecule has 150 valence electrons. The molecule has 1 aliphatic heterocycles. The third kappa shape index (κ3) is 4.25. The van der Waals surface area contributed by atoms with Crippen molar-refractivity contribution in [2.75, 3.05) is 40.5 Å². The molecule has 1 heterocycles. The summed E-state index contributed by atoms with van der Waals surface area (Å²) in [5.41, 5.74) is 2.57. The first kappa shape index (κ1) is 19.0. The number of benzene rings is 1. The first-order valence-electron chi connectivity index (χ1n) is 10.4. The highest BCUT2D eigenvalue weighted by molar-refractivity contribution is 5.48. The van der Waals surface area contributed by atoms with Crippen LogP contribution in [0.25, 0.3) is 0 Å². The maximum atomic E-state index is 10.4. The number of rotatable bonds is 8. The van der Waals surface area contributed by atoms with Gasteiger partial charge in [0.25, 0.3) is 0 Å². The molecule has 0 spiro atoms. The van der Waals surface area contributed by atoms with Crippen LogP contribution in [0.3, 0.4) is 0 Å². The summed E-state index contributed by atoms with van der Waals surface area (Å²) in [4.78, 5) is 2.31. The lowest BCUT2D eigenvalue weighted by atomic mass is 9.90. The molecular weight excluding hydrogens is 342 g/mol. The Morgan fingerprint density at radius 2 is 1.89 bits per heavy atom. The van der Waals surface area contributed by atoms with Crippen molar-refractivity contribution in [1.29, 1.82) is 0 Å². The van der Waals surface area contributed by atoms with E-state index < -0.39 is 6.10 Å². The van der Waals surface area contributed by atoms with Crippen LogP contribution in [-0.4, -0.2) is 56.6 Å². The largest absolute Gasteiger partial charge is 0.493 e. The summed E-state index contributed by atoms with van der Waals surface area (Å²) in [7, 11) is 3.34. The van der Waals surface area contributed by atoms with Crippen LogP contribution in [0.2, 0.25) is 0 Å². The van der Waals surface area contributed by atoms with Gasteiger partial charge in [0.1, 0.15) is 0 Å². The van der Waals surface area contributed by atoms with Crippen LogP contribution >= 0.6 is 0 Å². The lowest BCUT2D eigenvalue weighted by Gasteiger charge is -2.31. The second-order valence-corrected chi connectivity index (χ2v) is 8.59. The predicted molar refractivity (Wildman–Crippen MR) is 104 cm³/mol. The zero-order chi connectivity index (χ0) is 18.8. The quantitative estimate of drug-likeness (QED) is 0.757. The molecule has 4 atom stereocenters. The van der Waals surface area contributed by atoms with E-state index in [1.807, 2.05) is 0 Å². The minimum absolute atomic E-state index is 0.426. The van der Waals surface area contributed by atoms with Crippen molar-refractivity contribution in [3.63, 3.8) is 0 Å². The Labute approximate surface area is 162 Å². The Hall–Kier alpha value is -1.30. The van der Waals surface area contributed by atoms with Crippen LogP contribution in [0.5, 0.6) is 11.5 Å². The van der Waals surface area contributed by atoms with Crippen molar-refractivity contribution in [3.8, 4) is 11.5 Å². The number of hydrogen-bond donors (Lipinski definition) is 1.